The molecular formula is C17H13F4N3O. The monoisotopic (exact) mass is 351 g/mol. The molecule has 0 amide bonds. The molecule has 25 heavy (non-hydrogen) atoms. The number of rotatable bonds is 3. The molecule has 0 aliphatic heterocycles. The van der Waals surface area contributed by atoms with Crippen LogP contribution in [0.25, 0.3) is 16.6 Å². The van der Waals surface area contributed by atoms with Gasteiger partial charge in [0.05, 0.1) is 16.6 Å². The summed E-state index contributed by atoms with van der Waals surface area (Å²) in [6.07, 6.45) is -3.43. The van der Waals surface area contributed by atoms with Crippen LogP contribution in [0.5, 0.6) is 0 Å². The van der Waals surface area contributed by atoms with Crippen LogP contribution in [-0.4, -0.2) is 15.9 Å². The van der Waals surface area contributed by atoms with Crippen molar-refractivity contribution in [3.05, 3.63) is 64.3 Å². The zero-order valence-corrected chi connectivity index (χ0v) is 13.1. The van der Waals surface area contributed by atoms with Gasteiger partial charge in [0.15, 0.2) is 0 Å². The van der Waals surface area contributed by atoms with E-state index in [1.807, 2.05) is 0 Å². The van der Waals surface area contributed by atoms with E-state index < -0.39 is 23.1 Å². The molecule has 0 fully saturated rings. The van der Waals surface area contributed by atoms with E-state index in [0.29, 0.717) is 6.54 Å². The summed E-state index contributed by atoms with van der Waals surface area (Å²) in [4.78, 5) is 16.3. The molecule has 0 aliphatic carbocycles. The fourth-order valence-corrected chi connectivity index (χ4v) is 2.57. The molecule has 0 saturated carbocycles. The Morgan fingerprint density at radius 3 is 2.56 bits per heavy atom. The van der Waals surface area contributed by atoms with E-state index in [1.165, 1.54) is 22.6 Å². The molecule has 0 saturated heterocycles. The molecule has 3 aromatic rings. The van der Waals surface area contributed by atoms with Crippen molar-refractivity contribution in [3.63, 3.8) is 0 Å². The minimum absolute atomic E-state index is 0.0733. The van der Waals surface area contributed by atoms with Crippen LogP contribution < -0.4 is 10.9 Å². The molecule has 4 nitrogen and oxygen atoms in total. The Morgan fingerprint density at radius 1 is 1.20 bits per heavy atom. The third kappa shape index (κ3) is 3.07. The number of nitrogens with zero attached hydrogens (tertiary/aromatic N) is 2. The number of nitrogens with one attached hydrogen (secondary N) is 1. The first-order valence-electron chi connectivity index (χ1n) is 7.45. The largest absolute Gasteiger partial charge is 0.416 e. The van der Waals surface area contributed by atoms with Crippen LogP contribution in [-0.2, 0) is 6.18 Å². The number of pyridine rings is 1. The molecule has 1 N–H and O–H groups in total. The molecule has 0 unspecified atom stereocenters. The maximum Gasteiger partial charge on any atom is 0.416 e. The van der Waals surface area contributed by atoms with Gasteiger partial charge in [-0.3, -0.25) is 9.20 Å². The second kappa shape index (κ2) is 6.19. The van der Waals surface area contributed by atoms with Gasteiger partial charge in [-0.25, -0.2) is 4.39 Å². The normalized spacial score (nSPS) is 11.7. The Kier molecular flexibility index (Phi) is 4.20. The van der Waals surface area contributed by atoms with Crippen LogP contribution >= 0.6 is 0 Å². The molecule has 3 rings (SSSR count). The lowest BCUT2D eigenvalue weighted by atomic mass is 10.0. The SMILES string of the molecule is CCNc1nc(=O)c(-c2ccccc2F)c2cc(C(F)(F)F)ccn12. The van der Waals surface area contributed by atoms with Crippen LogP contribution in [0, 0.1) is 5.82 Å². The van der Waals surface area contributed by atoms with E-state index >= 15 is 0 Å². The lowest BCUT2D eigenvalue weighted by Crippen LogP contribution is -2.19. The van der Waals surface area contributed by atoms with Crippen molar-refractivity contribution in [2.24, 2.45) is 0 Å². The summed E-state index contributed by atoms with van der Waals surface area (Å²) < 4.78 is 54.7. The highest BCUT2D eigenvalue weighted by Crippen LogP contribution is 2.32. The average molecular weight is 351 g/mol. The number of alkyl halides is 3. The third-order valence-corrected chi connectivity index (χ3v) is 3.67. The minimum Gasteiger partial charge on any atom is -0.356 e. The first-order valence-corrected chi connectivity index (χ1v) is 7.45. The van der Waals surface area contributed by atoms with Crippen molar-refractivity contribution < 1.29 is 17.6 Å². The summed E-state index contributed by atoms with van der Waals surface area (Å²) in [7, 11) is 0. The zero-order valence-electron chi connectivity index (χ0n) is 13.1. The number of fused-ring (bicyclic) bond motifs is 1. The summed E-state index contributed by atoms with van der Waals surface area (Å²) in [6.45, 7) is 2.17. The molecular weight excluding hydrogens is 338 g/mol. The highest BCUT2D eigenvalue weighted by molar-refractivity contribution is 5.81. The maximum absolute atomic E-state index is 14.2. The van der Waals surface area contributed by atoms with Gasteiger partial charge >= 0.3 is 6.18 Å². The Morgan fingerprint density at radius 2 is 1.92 bits per heavy atom. The van der Waals surface area contributed by atoms with E-state index in [9.17, 15) is 22.4 Å². The second-order valence-electron chi connectivity index (χ2n) is 5.29. The molecule has 0 atom stereocenters. The van der Waals surface area contributed by atoms with Crippen LogP contribution in [0.15, 0.2) is 47.4 Å². The molecule has 8 heteroatoms. The van der Waals surface area contributed by atoms with Gasteiger partial charge in [-0.15, -0.1) is 0 Å². The van der Waals surface area contributed by atoms with Crippen molar-refractivity contribution in [3.8, 4) is 11.1 Å². The molecule has 0 aliphatic rings. The average Bonchev–Trinajstić information content (AvgIpc) is 2.55. The number of anilines is 1. The van der Waals surface area contributed by atoms with Gasteiger partial charge < -0.3 is 5.32 Å². The fraction of sp³-hybridized carbons (Fsp3) is 0.176. The first kappa shape index (κ1) is 16.9. The number of hydrogen-bond donors (Lipinski definition) is 1. The second-order valence-corrected chi connectivity index (χ2v) is 5.29. The first-order chi connectivity index (χ1) is 11.8. The summed E-state index contributed by atoms with van der Waals surface area (Å²) in [5.74, 6) is -0.617. The number of benzene rings is 1. The van der Waals surface area contributed by atoms with Gasteiger partial charge in [0.25, 0.3) is 5.56 Å². The van der Waals surface area contributed by atoms with E-state index in [4.69, 9.17) is 0 Å². The van der Waals surface area contributed by atoms with Crippen molar-refractivity contribution >= 4 is 11.5 Å². The molecule has 130 valence electrons. The maximum atomic E-state index is 14.2. The molecule has 2 aromatic heterocycles. The number of halogens is 4. The standard InChI is InChI=1S/C17H13F4N3O/c1-2-22-16-23-15(25)14(11-5-3-4-6-12(11)18)13-9-10(17(19,20)21)7-8-24(13)16/h3-9H,2H2,1H3,(H,22,23,25). The van der Waals surface area contributed by atoms with Gasteiger partial charge in [-0.1, -0.05) is 18.2 Å². The van der Waals surface area contributed by atoms with Crippen LogP contribution in [0.1, 0.15) is 12.5 Å². The van der Waals surface area contributed by atoms with Crippen molar-refractivity contribution in [2.45, 2.75) is 13.1 Å². The Labute approximate surface area is 139 Å². The Bertz CT molecular complexity index is 995. The summed E-state index contributed by atoms with van der Waals surface area (Å²) in [5.41, 5.74) is -2.12. The molecule has 0 radical (unpaired) electrons. The lowest BCUT2D eigenvalue weighted by Gasteiger charge is -2.15. The van der Waals surface area contributed by atoms with Gasteiger partial charge in [-0.2, -0.15) is 18.2 Å². The highest BCUT2D eigenvalue weighted by Gasteiger charge is 2.31. The van der Waals surface area contributed by atoms with E-state index in [2.05, 4.69) is 10.3 Å². The summed E-state index contributed by atoms with van der Waals surface area (Å²) >= 11 is 0. The van der Waals surface area contributed by atoms with Gasteiger partial charge in [0, 0.05) is 18.3 Å². The summed E-state index contributed by atoms with van der Waals surface area (Å²) in [5, 5.41) is 2.82. The molecule has 1 aromatic carbocycles. The Hall–Kier alpha value is -2.90. The minimum atomic E-state index is -4.59. The topological polar surface area (TPSA) is 46.4 Å². The van der Waals surface area contributed by atoms with Crippen LogP contribution in [0.4, 0.5) is 23.5 Å². The van der Waals surface area contributed by atoms with E-state index in [0.717, 1.165) is 24.4 Å². The molecule has 0 spiro atoms. The lowest BCUT2D eigenvalue weighted by molar-refractivity contribution is -0.137. The molecule has 0 bridgehead atoms. The van der Waals surface area contributed by atoms with Gasteiger partial charge in [0.2, 0.25) is 5.95 Å². The Balaban J connectivity index is 2.43. The third-order valence-electron chi connectivity index (χ3n) is 3.67. The number of hydrogen-bond acceptors (Lipinski definition) is 3. The van der Waals surface area contributed by atoms with Crippen LogP contribution in [0.3, 0.4) is 0 Å². The van der Waals surface area contributed by atoms with Crippen LogP contribution in [0.2, 0.25) is 0 Å². The van der Waals surface area contributed by atoms with Crippen molar-refractivity contribution in [1.29, 1.82) is 0 Å². The van der Waals surface area contributed by atoms with Gasteiger partial charge in [0.1, 0.15) is 5.82 Å². The predicted octanol–water partition coefficient (Wildman–Crippen LogP) is 3.95. The fourth-order valence-electron chi connectivity index (χ4n) is 2.57. The smallest absolute Gasteiger partial charge is 0.356 e. The highest BCUT2D eigenvalue weighted by atomic mass is 19.4. The van der Waals surface area contributed by atoms with Gasteiger partial charge in [-0.05, 0) is 25.1 Å². The zero-order chi connectivity index (χ0) is 18.2. The van der Waals surface area contributed by atoms with Crippen molar-refractivity contribution in [2.75, 3.05) is 11.9 Å². The van der Waals surface area contributed by atoms with E-state index in [1.54, 1.807) is 6.92 Å². The quantitative estimate of drug-likeness (QED) is 0.727. The molecule has 2 heterocycles. The predicted molar refractivity (Wildman–Crippen MR) is 86.0 cm³/mol. The van der Waals surface area contributed by atoms with Crippen molar-refractivity contribution in [1.82, 2.24) is 9.38 Å². The number of aromatic nitrogens is 2. The summed E-state index contributed by atoms with van der Waals surface area (Å²) in [6, 6.07) is 7.11. The van der Waals surface area contributed by atoms with E-state index in [-0.39, 0.29) is 22.6 Å².